The molecule has 0 spiro atoms. The van der Waals surface area contributed by atoms with Gasteiger partial charge in [0.1, 0.15) is 11.9 Å². The maximum Gasteiger partial charge on any atom is 0.228 e. The average molecular weight is 283 g/mol. The normalized spacial score (nSPS) is 19.0. The molecule has 1 aliphatic heterocycles. The van der Waals surface area contributed by atoms with Crippen molar-refractivity contribution in [3.8, 4) is 6.07 Å². The number of carbonyl (C=O) groups is 1. The molecule has 4 nitrogen and oxygen atoms in total. The first kappa shape index (κ1) is 13.8. The van der Waals surface area contributed by atoms with Gasteiger partial charge in [0.15, 0.2) is 0 Å². The van der Waals surface area contributed by atoms with E-state index in [2.05, 4.69) is 0 Å². The standard InChI is InChI=1S/C13H12ClFN2O2/c14-12-6-10(15)2-1-9(12)5-13(18)17-3-4-19-8-11(17)7-16/h1-2,6,11H,3-5,8H2/t11-/m0/s1. The van der Waals surface area contributed by atoms with Crippen molar-refractivity contribution in [2.45, 2.75) is 12.5 Å². The summed E-state index contributed by atoms with van der Waals surface area (Å²) < 4.78 is 18.1. The van der Waals surface area contributed by atoms with Crippen LogP contribution in [-0.4, -0.2) is 36.6 Å². The molecule has 6 heteroatoms. The number of morpholine rings is 1. The zero-order chi connectivity index (χ0) is 13.8. The molecule has 1 fully saturated rings. The molecule has 0 N–H and O–H groups in total. The zero-order valence-electron chi connectivity index (χ0n) is 10.1. The Hall–Kier alpha value is -1.64. The molecule has 0 radical (unpaired) electrons. The third-order valence-corrected chi connectivity index (χ3v) is 3.31. The average Bonchev–Trinajstić information content (AvgIpc) is 2.41. The minimum atomic E-state index is -0.569. The lowest BCUT2D eigenvalue weighted by Gasteiger charge is -2.31. The molecule has 100 valence electrons. The lowest BCUT2D eigenvalue weighted by molar-refractivity contribution is -0.136. The van der Waals surface area contributed by atoms with Crippen LogP contribution in [0, 0.1) is 17.1 Å². The van der Waals surface area contributed by atoms with Crippen molar-refractivity contribution in [1.29, 1.82) is 5.26 Å². The van der Waals surface area contributed by atoms with Gasteiger partial charge in [-0.1, -0.05) is 17.7 Å². The summed E-state index contributed by atoms with van der Waals surface area (Å²) in [4.78, 5) is 13.6. The lowest BCUT2D eigenvalue weighted by Crippen LogP contribution is -2.48. The van der Waals surface area contributed by atoms with Crippen LogP contribution < -0.4 is 0 Å². The van der Waals surface area contributed by atoms with E-state index in [0.29, 0.717) is 18.7 Å². The van der Waals surface area contributed by atoms with Crippen LogP contribution in [0.3, 0.4) is 0 Å². The Morgan fingerprint density at radius 2 is 2.42 bits per heavy atom. The number of benzene rings is 1. The van der Waals surface area contributed by atoms with Crippen LogP contribution in [0.15, 0.2) is 18.2 Å². The molecule has 1 heterocycles. The first-order valence-electron chi connectivity index (χ1n) is 5.82. The van der Waals surface area contributed by atoms with Gasteiger partial charge < -0.3 is 9.64 Å². The third-order valence-electron chi connectivity index (χ3n) is 2.95. The van der Waals surface area contributed by atoms with E-state index >= 15 is 0 Å². The third kappa shape index (κ3) is 3.22. The lowest BCUT2D eigenvalue weighted by atomic mass is 10.1. The molecule has 19 heavy (non-hydrogen) atoms. The van der Waals surface area contributed by atoms with Gasteiger partial charge in [0.2, 0.25) is 5.91 Å². The highest BCUT2D eigenvalue weighted by Crippen LogP contribution is 2.19. The van der Waals surface area contributed by atoms with E-state index in [1.54, 1.807) is 0 Å². The second-order valence-corrected chi connectivity index (χ2v) is 4.63. The summed E-state index contributed by atoms with van der Waals surface area (Å²) >= 11 is 5.88. The van der Waals surface area contributed by atoms with Gasteiger partial charge in [-0.3, -0.25) is 4.79 Å². The molecule has 0 saturated carbocycles. The molecule has 0 unspecified atom stereocenters. The van der Waals surface area contributed by atoms with E-state index < -0.39 is 11.9 Å². The minimum absolute atomic E-state index is 0.0529. The maximum atomic E-state index is 12.9. The summed E-state index contributed by atoms with van der Waals surface area (Å²) in [7, 11) is 0. The summed E-state index contributed by atoms with van der Waals surface area (Å²) in [5.74, 6) is -0.647. The number of carbonyl (C=O) groups excluding carboxylic acids is 1. The fraction of sp³-hybridized carbons (Fsp3) is 0.385. The topological polar surface area (TPSA) is 53.3 Å². The van der Waals surface area contributed by atoms with Gasteiger partial charge >= 0.3 is 0 Å². The van der Waals surface area contributed by atoms with Gasteiger partial charge in [-0.15, -0.1) is 0 Å². The van der Waals surface area contributed by atoms with Crippen LogP contribution >= 0.6 is 11.6 Å². The molecule has 1 aromatic rings. The molecule has 0 bridgehead atoms. The molecule has 1 amide bonds. The van der Waals surface area contributed by atoms with Crippen LogP contribution in [0.2, 0.25) is 5.02 Å². The largest absolute Gasteiger partial charge is 0.376 e. The second-order valence-electron chi connectivity index (χ2n) is 4.22. The van der Waals surface area contributed by atoms with E-state index in [1.165, 1.54) is 23.1 Å². The van der Waals surface area contributed by atoms with Crippen molar-refractivity contribution in [2.24, 2.45) is 0 Å². The number of nitrogens with zero attached hydrogens (tertiary/aromatic N) is 2. The van der Waals surface area contributed by atoms with Crippen LogP contribution in [0.25, 0.3) is 0 Å². The molecule has 1 saturated heterocycles. The van der Waals surface area contributed by atoms with Crippen LogP contribution in [0.1, 0.15) is 5.56 Å². The van der Waals surface area contributed by atoms with Crippen molar-refractivity contribution < 1.29 is 13.9 Å². The van der Waals surface area contributed by atoms with Crippen molar-refractivity contribution in [1.82, 2.24) is 4.90 Å². The van der Waals surface area contributed by atoms with Gasteiger partial charge in [0.05, 0.1) is 25.7 Å². The SMILES string of the molecule is N#C[C@H]1COCCN1C(=O)Cc1ccc(F)cc1Cl. The molecular formula is C13H12ClFN2O2. The van der Waals surface area contributed by atoms with E-state index in [4.69, 9.17) is 21.6 Å². The molecule has 2 rings (SSSR count). The molecular weight excluding hydrogens is 271 g/mol. The van der Waals surface area contributed by atoms with E-state index in [1.807, 2.05) is 6.07 Å². The Kier molecular flexibility index (Phi) is 4.35. The number of nitriles is 1. The summed E-state index contributed by atoms with van der Waals surface area (Å²) in [6.45, 7) is 1.02. The smallest absolute Gasteiger partial charge is 0.228 e. The van der Waals surface area contributed by atoms with Crippen LogP contribution in [0.5, 0.6) is 0 Å². The summed E-state index contributed by atoms with van der Waals surface area (Å²) in [5.41, 5.74) is 0.552. The molecule has 1 atom stereocenters. The van der Waals surface area contributed by atoms with E-state index in [-0.39, 0.29) is 24.0 Å². The van der Waals surface area contributed by atoms with Gasteiger partial charge in [-0.05, 0) is 17.7 Å². The Balaban J connectivity index is 2.10. The maximum absolute atomic E-state index is 12.9. The zero-order valence-corrected chi connectivity index (χ0v) is 10.9. The Labute approximate surface area is 115 Å². The number of rotatable bonds is 2. The number of halogens is 2. The molecule has 1 aliphatic rings. The number of hydrogen-bond acceptors (Lipinski definition) is 3. The van der Waals surface area contributed by atoms with Crippen LogP contribution in [0.4, 0.5) is 4.39 Å². The number of ether oxygens (including phenoxy) is 1. The highest BCUT2D eigenvalue weighted by Gasteiger charge is 2.27. The quantitative estimate of drug-likeness (QED) is 0.831. The summed E-state index contributed by atoms with van der Waals surface area (Å²) in [5, 5.41) is 9.19. The van der Waals surface area contributed by atoms with Gasteiger partial charge in [0.25, 0.3) is 0 Å². The number of amides is 1. The van der Waals surface area contributed by atoms with Crippen molar-refractivity contribution in [3.63, 3.8) is 0 Å². The Morgan fingerprint density at radius 1 is 1.63 bits per heavy atom. The van der Waals surface area contributed by atoms with Gasteiger partial charge in [0, 0.05) is 11.6 Å². The Bertz CT molecular complexity index is 530. The van der Waals surface area contributed by atoms with Gasteiger partial charge in [-0.2, -0.15) is 5.26 Å². The van der Waals surface area contributed by atoms with Crippen molar-refractivity contribution in [2.75, 3.05) is 19.8 Å². The summed E-state index contributed by atoms with van der Waals surface area (Å²) in [6.07, 6.45) is 0.0529. The molecule has 0 aliphatic carbocycles. The highest BCUT2D eigenvalue weighted by molar-refractivity contribution is 6.31. The Morgan fingerprint density at radius 3 is 3.11 bits per heavy atom. The van der Waals surface area contributed by atoms with E-state index in [0.717, 1.165) is 0 Å². The minimum Gasteiger partial charge on any atom is -0.376 e. The highest BCUT2D eigenvalue weighted by atomic mass is 35.5. The fourth-order valence-corrected chi connectivity index (χ4v) is 2.17. The summed E-state index contributed by atoms with van der Waals surface area (Å²) in [6, 6.07) is 5.38. The predicted octanol–water partition coefficient (Wildman–Crippen LogP) is 1.77. The van der Waals surface area contributed by atoms with Crippen LogP contribution in [-0.2, 0) is 16.0 Å². The first-order valence-corrected chi connectivity index (χ1v) is 6.20. The monoisotopic (exact) mass is 282 g/mol. The number of hydrogen-bond donors (Lipinski definition) is 0. The molecule has 0 aromatic heterocycles. The van der Waals surface area contributed by atoms with Crippen molar-refractivity contribution >= 4 is 17.5 Å². The predicted molar refractivity (Wildman–Crippen MR) is 67.0 cm³/mol. The van der Waals surface area contributed by atoms with E-state index in [9.17, 15) is 9.18 Å². The van der Waals surface area contributed by atoms with Gasteiger partial charge in [-0.25, -0.2) is 4.39 Å². The second kappa shape index (κ2) is 6.00. The van der Waals surface area contributed by atoms with Crippen molar-refractivity contribution in [3.05, 3.63) is 34.6 Å². The fourth-order valence-electron chi connectivity index (χ4n) is 1.94. The molecule has 1 aromatic carbocycles. The first-order chi connectivity index (χ1) is 9.11.